The second-order valence-corrected chi connectivity index (χ2v) is 1.69. The van der Waals surface area contributed by atoms with Gasteiger partial charge in [0.2, 0.25) is 0 Å². The van der Waals surface area contributed by atoms with Crippen molar-refractivity contribution in [3.63, 3.8) is 0 Å². The van der Waals surface area contributed by atoms with Crippen LogP contribution in [-0.2, 0) is 0 Å². The molecule has 4 heteroatoms. The zero-order chi connectivity index (χ0) is 8.15. The summed E-state index contributed by atoms with van der Waals surface area (Å²) in [5, 5.41) is 15.1. The SMILES string of the molecule is C=C(N=C(C)N)C(=N)C#N. The third-order valence-electron chi connectivity index (χ3n) is 0.712. The van der Waals surface area contributed by atoms with Crippen molar-refractivity contribution in [1.82, 2.24) is 0 Å². The van der Waals surface area contributed by atoms with Crippen LogP contribution in [0, 0.1) is 16.7 Å². The fourth-order valence-corrected chi connectivity index (χ4v) is 0.333. The lowest BCUT2D eigenvalue weighted by molar-refractivity contribution is 1.37. The number of hydrogen-bond donors (Lipinski definition) is 2. The second-order valence-electron chi connectivity index (χ2n) is 1.69. The Hall–Kier alpha value is -1.63. The van der Waals surface area contributed by atoms with Crippen LogP contribution in [-0.4, -0.2) is 11.5 Å². The van der Waals surface area contributed by atoms with Crippen molar-refractivity contribution in [3.05, 3.63) is 12.3 Å². The molecule has 0 spiro atoms. The average molecular weight is 136 g/mol. The van der Waals surface area contributed by atoms with Crippen molar-refractivity contribution in [2.24, 2.45) is 10.7 Å². The van der Waals surface area contributed by atoms with Crippen LogP contribution in [0.5, 0.6) is 0 Å². The molecule has 10 heavy (non-hydrogen) atoms. The molecule has 0 aliphatic heterocycles. The van der Waals surface area contributed by atoms with Crippen LogP contribution in [0.1, 0.15) is 6.92 Å². The van der Waals surface area contributed by atoms with E-state index in [0.29, 0.717) is 5.84 Å². The van der Waals surface area contributed by atoms with Gasteiger partial charge < -0.3 is 5.73 Å². The van der Waals surface area contributed by atoms with Gasteiger partial charge in [-0.05, 0) is 6.92 Å². The topological polar surface area (TPSA) is 86.0 Å². The molecule has 0 radical (unpaired) electrons. The largest absolute Gasteiger partial charge is 0.387 e. The number of nitrogens with zero attached hydrogens (tertiary/aromatic N) is 2. The fraction of sp³-hybridized carbons (Fsp3) is 0.167. The third kappa shape index (κ3) is 2.62. The number of amidine groups is 1. The van der Waals surface area contributed by atoms with E-state index in [9.17, 15) is 0 Å². The Morgan fingerprint density at radius 2 is 2.30 bits per heavy atom. The quantitative estimate of drug-likeness (QED) is 0.425. The minimum Gasteiger partial charge on any atom is -0.387 e. The van der Waals surface area contributed by atoms with E-state index in [-0.39, 0.29) is 11.4 Å². The highest BCUT2D eigenvalue weighted by Crippen LogP contribution is 1.92. The molecular formula is C6H8N4. The Morgan fingerprint density at radius 1 is 1.80 bits per heavy atom. The normalized spacial score (nSPS) is 10.2. The average Bonchev–Trinajstić information content (AvgIpc) is 1.85. The van der Waals surface area contributed by atoms with Gasteiger partial charge in [0.25, 0.3) is 0 Å². The minimum atomic E-state index is -0.259. The lowest BCUT2D eigenvalue weighted by Crippen LogP contribution is -2.07. The van der Waals surface area contributed by atoms with E-state index in [1.807, 2.05) is 0 Å². The maximum atomic E-state index is 8.17. The fourth-order valence-electron chi connectivity index (χ4n) is 0.333. The highest BCUT2D eigenvalue weighted by atomic mass is 14.9. The van der Waals surface area contributed by atoms with E-state index < -0.39 is 0 Å². The summed E-state index contributed by atoms with van der Waals surface area (Å²) >= 11 is 0. The van der Waals surface area contributed by atoms with Crippen molar-refractivity contribution in [1.29, 1.82) is 10.7 Å². The molecule has 0 heterocycles. The lowest BCUT2D eigenvalue weighted by atomic mass is 10.3. The monoisotopic (exact) mass is 136 g/mol. The molecule has 0 aromatic rings. The Bertz CT molecular complexity index is 227. The number of nitrogens with one attached hydrogen (secondary N) is 1. The molecule has 0 aliphatic rings. The lowest BCUT2D eigenvalue weighted by Gasteiger charge is -1.92. The summed E-state index contributed by atoms with van der Waals surface area (Å²) in [6, 6.07) is 1.59. The predicted molar refractivity (Wildman–Crippen MR) is 39.8 cm³/mol. The Kier molecular flexibility index (Phi) is 2.85. The number of rotatable bonds is 2. The summed E-state index contributed by atoms with van der Waals surface area (Å²) in [4.78, 5) is 3.60. The summed E-state index contributed by atoms with van der Waals surface area (Å²) < 4.78 is 0. The van der Waals surface area contributed by atoms with Gasteiger partial charge in [0.15, 0.2) is 5.71 Å². The first-order valence-electron chi connectivity index (χ1n) is 2.56. The van der Waals surface area contributed by atoms with Crippen LogP contribution in [0.3, 0.4) is 0 Å². The number of aliphatic imine (C=N–C) groups is 1. The first-order valence-corrected chi connectivity index (χ1v) is 2.56. The van der Waals surface area contributed by atoms with Crippen molar-refractivity contribution in [2.45, 2.75) is 6.92 Å². The van der Waals surface area contributed by atoms with Gasteiger partial charge in [-0.3, -0.25) is 5.41 Å². The molecule has 0 saturated heterocycles. The van der Waals surface area contributed by atoms with Crippen molar-refractivity contribution < 1.29 is 0 Å². The van der Waals surface area contributed by atoms with Crippen LogP contribution in [0.15, 0.2) is 17.3 Å². The van der Waals surface area contributed by atoms with Gasteiger partial charge in [-0.15, -0.1) is 0 Å². The van der Waals surface area contributed by atoms with Crippen molar-refractivity contribution in [2.75, 3.05) is 0 Å². The zero-order valence-corrected chi connectivity index (χ0v) is 5.68. The molecule has 0 atom stereocenters. The van der Waals surface area contributed by atoms with Gasteiger partial charge in [0, 0.05) is 0 Å². The summed E-state index contributed by atoms with van der Waals surface area (Å²) in [7, 11) is 0. The molecule has 0 unspecified atom stereocenters. The maximum absolute atomic E-state index is 8.17. The first-order chi connectivity index (χ1) is 4.57. The van der Waals surface area contributed by atoms with Gasteiger partial charge in [0.1, 0.15) is 6.07 Å². The van der Waals surface area contributed by atoms with E-state index >= 15 is 0 Å². The number of nitriles is 1. The van der Waals surface area contributed by atoms with E-state index in [0.717, 1.165) is 0 Å². The first kappa shape index (κ1) is 8.37. The molecule has 52 valence electrons. The van der Waals surface area contributed by atoms with Gasteiger partial charge in [-0.25, -0.2) is 4.99 Å². The minimum absolute atomic E-state index is 0.0995. The smallest absolute Gasteiger partial charge is 0.157 e. The highest BCUT2D eigenvalue weighted by molar-refractivity contribution is 6.09. The Morgan fingerprint density at radius 3 is 2.60 bits per heavy atom. The molecule has 0 aliphatic carbocycles. The van der Waals surface area contributed by atoms with Gasteiger partial charge in [-0.1, -0.05) is 6.58 Å². The van der Waals surface area contributed by atoms with E-state index in [4.69, 9.17) is 16.4 Å². The molecule has 0 rings (SSSR count). The molecule has 0 aromatic heterocycles. The molecule has 0 saturated carbocycles. The van der Waals surface area contributed by atoms with Crippen LogP contribution in [0.2, 0.25) is 0 Å². The van der Waals surface area contributed by atoms with E-state index in [1.165, 1.54) is 0 Å². The van der Waals surface area contributed by atoms with E-state index in [2.05, 4.69) is 11.6 Å². The molecular weight excluding hydrogens is 128 g/mol. The molecule has 0 bridgehead atoms. The van der Waals surface area contributed by atoms with E-state index in [1.54, 1.807) is 13.0 Å². The summed E-state index contributed by atoms with van der Waals surface area (Å²) in [5.41, 5.74) is 5.01. The molecule has 4 nitrogen and oxygen atoms in total. The Balaban J connectivity index is 4.30. The van der Waals surface area contributed by atoms with Crippen LogP contribution < -0.4 is 5.73 Å². The standard InChI is InChI=1S/C6H8N4/c1-4(6(9)3-7)10-5(2)8/h9H,1H2,2H3,(H2,8,10). The summed E-state index contributed by atoms with van der Waals surface area (Å²) in [5.74, 6) is 0.296. The van der Waals surface area contributed by atoms with Gasteiger partial charge in [-0.2, -0.15) is 5.26 Å². The summed E-state index contributed by atoms with van der Waals surface area (Å²) in [6.07, 6.45) is 0. The van der Waals surface area contributed by atoms with Crippen LogP contribution >= 0.6 is 0 Å². The Labute approximate surface area is 59.2 Å². The zero-order valence-electron chi connectivity index (χ0n) is 5.68. The van der Waals surface area contributed by atoms with Crippen LogP contribution in [0.4, 0.5) is 0 Å². The molecule has 0 amide bonds. The number of hydrogen-bond acceptors (Lipinski definition) is 3. The maximum Gasteiger partial charge on any atom is 0.157 e. The third-order valence-corrected chi connectivity index (χ3v) is 0.712. The van der Waals surface area contributed by atoms with Crippen LogP contribution in [0.25, 0.3) is 0 Å². The van der Waals surface area contributed by atoms with Gasteiger partial charge in [0.05, 0.1) is 11.5 Å². The molecule has 3 N–H and O–H groups in total. The van der Waals surface area contributed by atoms with Crippen molar-refractivity contribution >= 4 is 11.5 Å². The number of nitrogens with two attached hydrogens (primary N) is 1. The highest BCUT2D eigenvalue weighted by Gasteiger charge is 1.96. The number of allylic oxidation sites excluding steroid dienone is 1. The second kappa shape index (κ2) is 3.41. The summed E-state index contributed by atoms with van der Waals surface area (Å²) in [6.45, 7) is 4.92. The van der Waals surface area contributed by atoms with Gasteiger partial charge >= 0.3 is 0 Å². The molecule has 0 fully saturated rings. The molecule has 0 aromatic carbocycles. The predicted octanol–water partition coefficient (Wildman–Crippen LogP) is 0.421. The van der Waals surface area contributed by atoms with Crippen molar-refractivity contribution in [3.8, 4) is 6.07 Å².